The van der Waals surface area contributed by atoms with E-state index in [1.165, 1.54) is 4.90 Å². The Morgan fingerprint density at radius 3 is 2.56 bits per heavy atom. The van der Waals surface area contributed by atoms with Crippen LogP contribution in [0.1, 0.15) is 16.7 Å². The average molecular weight is 268 g/mol. The Labute approximate surface area is 111 Å². The van der Waals surface area contributed by atoms with Crippen LogP contribution in [0, 0.1) is 6.92 Å². The molecule has 1 aromatic rings. The van der Waals surface area contributed by atoms with Crippen LogP contribution < -0.4 is 5.73 Å². The van der Waals surface area contributed by atoms with Crippen LogP contribution in [0.3, 0.4) is 0 Å². The van der Waals surface area contributed by atoms with Gasteiger partial charge < -0.3 is 10.6 Å². The van der Waals surface area contributed by atoms with E-state index in [2.05, 4.69) is 0 Å². The van der Waals surface area contributed by atoms with E-state index >= 15 is 0 Å². The number of benzene rings is 1. The van der Waals surface area contributed by atoms with Crippen LogP contribution in [-0.4, -0.2) is 34.9 Å². The van der Waals surface area contributed by atoms with Crippen LogP contribution in [0.15, 0.2) is 18.2 Å². The molecule has 0 aromatic heterocycles. The number of carbonyl (C=O) groups is 1. The molecular formula is C13H20N2O2S. The highest BCUT2D eigenvalue weighted by Gasteiger charge is 2.11. The van der Waals surface area contributed by atoms with Gasteiger partial charge in [0.25, 0.3) is 0 Å². The van der Waals surface area contributed by atoms with E-state index in [1.807, 2.05) is 25.1 Å². The van der Waals surface area contributed by atoms with E-state index in [0.29, 0.717) is 12.3 Å². The minimum Gasteiger partial charge on any atom is -0.348 e. The molecule has 0 aliphatic carbocycles. The van der Waals surface area contributed by atoms with Crippen LogP contribution in [0.4, 0.5) is 0 Å². The van der Waals surface area contributed by atoms with Gasteiger partial charge in [-0.15, -0.1) is 0 Å². The lowest BCUT2D eigenvalue weighted by atomic mass is 10.1. The summed E-state index contributed by atoms with van der Waals surface area (Å²) in [6, 6.07) is 5.88. The van der Waals surface area contributed by atoms with Crippen molar-refractivity contribution in [2.45, 2.75) is 19.2 Å². The summed E-state index contributed by atoms with van der Waals surface area (Å²) in [6.45, 7) is 2.47. The number of aryl methyl sites for hydroxylation is 1. The first-order valence-corrected chi connectivity index (χ1v) is 7.26. The molecule has 0 saturated carbocycles. The Morgan fingerprint density at radius 1 is 1.39 bits per heavy atom. The zero-order valence-electron chi connectivity index (χ0n) is 11.1. The monoisotopic (exact) mass is 268 g/mol. The second-order valence-electron chi connectivity index (χ2n) is 4.48. The summed E-state index contributed by atoms with van der Waals surface area (Å²) in [6.07, 6.45) is 0. The molecule has 4 nitrogen and oxygen atoms in total. The summed E-state index contributed by atoms with van der Waals surface area (Å²) in [4.78, 5) is 12.9. The first-order chi connectivity index (χ1) is 8.43. The zero-order valence-corrected chi connectivity index (χ0v) is 11.9. The highest BCUT2D eigenvalue weighted by atomic mass is 32.2. The van der Waals surface area contributed by atoms with Gasteiger partial charge in [0.15, 0.2) is 0 Å². The van der Waals surface area contributed by atoms with E-state index in [1.54, 1.807) is 14.1 Å². The highest BCUT2D eigenvalue weighted by Crippen LogP contribution is 2.13. The molecule has 0 bridgehead atoms. The van der Waals surface area contributed by atoms with Gasteiger partial charge in [-0.1, -0.05) is 18.2 Å². The van der Waals surface area contributed by atoms with Crippen LogP contribution in [-0.2, 0) is 27.9 Å². The lowest BCUT2D eigenvalue weighted by molar-refractivity contribution is -0.125. The molecule has 1 atom stereocenters. The minimum absolute atomic E-state index is 0.0745. The van der Waals surface area contributed by atoms with Gasteiger partial charge in [0.1, 0.15) is 5.75 Å². The zero-order chi connectivity index (χ0) is 13.7. The summed E-state index contributed by atoms with van der Waals surface area (Å²) in [5.41, 5.74) is 8.70. The Balaban J connectivity index is 2.68. The predicted molar refractivity (Wildman–Crippen MR) is 74.5 cm³/mol. The second-order valence-corrected chi connectivity index (χ2v) is 5.94. The molecule has 1 aromatic carbocycles. The third kappa shape index (κ3) is 4.23. The molecule has 0 fully saturated rings. The third-order valence-electron chi connectivity index (χ3n) is 2.74. The first-order valence-electron chi connectivity index (χ1n) is 5.77. The molecule has 0 spiro atoms. The lowest BCUT2D eigenvalue weighted by Gasteiger charge is -2.11. The maximum atomic E-state index is 11.9. The maximum Gasteiger partial charge on any atom is 0.234 e. The van der Waals surface area contributed by atoms with Gasteiger partial charge in [0.2, 0.25) is 5.91 Å². The standard InChI is InChI=1S/C13H20N2O2S/c1-10-6-11(7-14)4-5-12(10)8-18(17)9-13(16)15(2)3/h4-6H,7-9,14H2,1-3H3. The van der Waals surface area contributed by atoms with Crippen molar-refractivity contribution in [3.63, 3.8) is 0 Å². The number of carbonyl (C=O) groups excluding carboxylic acids is 1. The molecule has 0 heterocycles. The van der Waals surface area contributed by atoms with Crippen molar-refractivity contribution in [3.8, 4) is 0 Å². The topological polar surface area (TPSA) is 63.4 Å². The molecule has 2 N–H and O–H groups in total. The molecule has 0 saturated heterocycles. The normalized spacial score (nSPS) is 12.2. The fourth-order valence-electron chi connectivity index (χ4n) is 1.54. The fourth-order valence-corrected chi connectivity index (χ4v) is 2.84. The van der Waals surface area contributed by atoms with Gasteiger partial charge in [-0.25, -0.2) is 0 Å². The SMILES string of the molecule is Cc1cc(CN)ccc1CS(=O)CC(=O)N(C)C. The average Bonchev–Trinajstić information content (AvgIpc) is 2.31. The van der Waals surface area contributed by atoms with Crippen molar-refractivity contribution in [2.75, 3.05) is 19.8 Å². The Morgan fingerprint density at radius 2 is 2.06 bits per heavy atom. The smallest absolute Gasteiger partial charge is 0.234 e. The molecule has 0 aliphatic heterocycles. The van der Waals surface area contributed by atoms with Crippen molar-refractivity contribution < 1.29 is 9.00 Å². The van der Waals surface area contributed by atoms with Gasteiger partial charge in [-0.3, -0.25) is 9.00 Å². The van der Waals surface area contributed by atoms with Gasteiger partial charge in [0.05, 0.1) is 0 Å². The summed E-state index contributed by atoms with van der Waals surface area (Å²) >= 11 is 0. The van der Waals surface area contributed by atoms with Crippen molar-refractivity contribution in [1.29, 1.82) is 0 Å². The number of amides is 1. The second kappa shape index (κ2) is 6.66. The van der Waals surface area contributed by atoms with Gasteiger partial charge in [0, 0.05) is 37.2 Å². The molecule has 100 valence electrons. The van der Waals surface area contributed by atoms with Crippen LogP contribution in [0.25, 0.3) is 0 Å². The summed E-state index contributed by atoms with van der Waals surface area (Å²) in [5.74, 6) is 0.381. The number of hydrogen-bond donors (Lipinski definition) is 1. The van der Waals surface area contributed by atoms with Crippen molar-refractivity contribution >= 4 is 16.7 Å². The van der Waals surface area contributed by atoms with Crippen LogP contribution >= 0.6 is 0 Å². The van der Waals surface area contributed by atoms with Gasteiger partial charge >= 0.3 is 0 Å². The first kappa shape index (κ1) is 14.9. The molecule has 1 unspecified atom stereocenters. The van der Waals surface area contributed by atoms with E-state index in [-0.39, 0.29) is 11.7 Å². The van der Waals surface area contributed by atoms with Crippen molar-refractivity contribution in [3.05, 3.63) is 34.9 Å². The number of nitrogens with zero attached hydrogens (tertiary/aromatic N) is 1. The fraction of sp³-hybridized carbons (Fsp3) is 0.462. The Bertz CT molecular complexity index is 458. The number of hydrogen-bond acceptors (Lipinski definition) is 3. The minimum atomic E-state index is -1.16. The quantitative estimate of drug-likeness (QED) is 0.859. The summed E-state index contributed by atoms with van der Waals surface area (Å²) < 4.78 is 11.9. The van der Waals surface area contributed by atoms with E-state index < -0.39 is 10.8 Å². The largest absolute Gasteiger partial charge is 0.348 e. The Hall–Kier alpha value is -1.20. The lowest BCUT2D eigenvalue weighted by Crippen LogP contribution is -2.27. The molecule has 1 amide bonds. The van der Waals surface area contributed by atoms with Gasteiger partial charge in [-0.05, 0) is 23.6 Å². The maximum absolute atomic E-state index is 11.9. The summed E-state index contributed by atoms with van der Waals surface area (Å²) in [5, 5.41) is 0. The molecule has 0 aliphatic rings. The van der Waals surface area contributed by atoms with E-state index in [9.17, 15) is 9.00 Å². The number of rotatable bonds is 5. The molecule has 0 radical (unpaired) electrons. The molecule has 18 heavy (non-hydrogen) atoms. The van der Waals surface area contributed by atoms with Crippen molar-refractivity contribution in [2.24, 2.45) is 5.73 Å². The van der Waals surface area contributed by atoms with Crippen LogP contribution in [0.2, 0.25) is 0 Å². The third-order valence-corrected chi connectivity index (χ3v) is 3.94. The van der Waals surface area contributed by atoms with Gasteiger partial charge in [-0.2, -0.15) is 0 Å². The Kier molecular flexibility index (Phi) is 5.50. The van der Waals surface area contributed by atoms with Crippen LogP contribution in [0.5, 0.6) is 0 Å². The van der Waals surface area contributed by atoms with E-state index in [0.717, 1.165) is 16.7 Å². The van der Waals surface area contributed by atoms with Crippen molar-refractivity contribution in [1.82, 2.24) is 4.90 Å². The molecular weight excluding hydrogens is 248 g/mol. The number of nitrogens with two attached hydrogens (primary N) is 1. The predicted octanol–water partition coefficient (Wildman–Crippen LogP) is 0.791. The highest BCUT2D eigenvalue weighted by molar-refractivity contribution is 7.84. The van der Waals surface area contributed by atoms with E-state index in [4.69, 9.17) is 5.73 Å². The molecule has 5 heteroatoms. The summed E-state index contributed by atoms with van der Waals surface area (Å²) in [7, 11) is 2.17. The molecule has 1 rings (SSSR count).